The zero-order valence-electron chi connectivity index (χ0n) is 20.1. The van der Waals surface area contributed by atoms with Crippen LogP contribution in [0.4, 0.5) is 5.69 Å². The SMILES string of the molecule is O=C(COc1ccc(/C=N\NC(=O)C(=O)Nc2ccc(Oc3ccccc3)cc2)cc1)NCc1ccco1. The summed E-state index contributed by atoms with van der Waals surface area (Å²) in [6.45, 7) is 0.131. The monoisotopic (exact) mass is 512 g/mol. The van der Waals surface area contributed by atoms with E-state index in [-0.39, 0.29) is 19.1 Å². The Balaban J connectivity index is 1.17. The molecule has 0 aliphatic heterocycles. The molecule has 0 spiro atoms. The molecule has 0 fully saturated rings. The first-order valence-corrected chi connectivity index (χ1v) is 11.5. The molecule has 0 atom stereocenters. The highest BCUT2D eigenvalue weighted by atomic mass is 16.5. The van der Waals surface area contributed by atoms with Crippen molar-refractivity contribution in [2.75, 3.05) is 11.9 Å². The average molecular weight is 513 g/mol. The number of para-hydroxylation sites is 1. The number of furan rings is 1. The minimum absolute atomic E-state index is 0.151. The van der Waals surface area contributed by atoms with Crippen molar-refractivity contribution in [1.82, 2.24) is 10.7 Å². The van der Waals surface area contributed by atoms with Gasteiger partial charge in [-0.05, 0) is 78.4 Å². The summed E-state index contributed by atoms with van der Waals surface area (Å²) in [7, 11) is 0. The zero-order valence-corrected chi connectivity index (χ0v) is 20.1. The molecule has 4 aromatic rings. The van der Waals surface area contributed by atoms with Gasteiger partial charge < -0.3 is 24.5 Å². The molecule has 0 aliphatic rings. The number of carbonyl (C=O) groups excluding carboxylic acids is 3. The molecule has 3 aromatic carbocycles. The van der Waals surface area contributed by atoms with Gasteiger partial charge in [0, 0.05) is 5.69 Å². The fraction of sp³-hybridized carbons (Fsp3) is 0.0714. The number of nitrogens with one attached hydrogen (secondary N) is 3. The highest BCUT2D eigenvalue weighted by Crippen LogP contribution is 2.22. The summed E-state index contributed by atoms with van der Waals surface area (Å²) in [5.41, 5.74) is 3.26. The van der Waals surface area contributed by atoms with Crippen LogP contribution in [0.3, 0.4) is 0 Å². The summed E-state index contributed by atoms with van der Waals surface area (Å²) in [6, 6.07) is 26.1. The standard InChI is InChI=1S/C28H24N4O6/c33-26(29-18-25-7-4-16-36-25)19-37-22-12-8-20(9-13-22)17-30-32-28(35)27(34)31-21-10-14-24(15-11-21)38-23-5-2-1-3-6-23/h1-17H,18-19H2,(H,29,33)(H,31,34)(H,32,35)/b30-17-. The lowest BCUT2D eigenvalue weighted by Crippen LogP contribution is -2.32. The van der Waals surface area contributed by atoms with Crippen molar-refractivity contribution in [3.05, 3.63) is 109 Å². The van der Waals surface area contributed by atoms with Crippen LogP contribution in [0, 0.1) is 0 Å². The van der Waals surface area contributed by atoms with Gasteiger partial charge in [0.2, 0.25) is 0 Å². The normalized spacial score (nSPS) is 10.5. The van der Waals surface area contributed by atoms with E-state index in [1.54, 1.807) is 60.7 Å². The van der Waals surface area contributed by atoms with Gasteiger partial charge in [0.25, 0.3) is 5.91 Å². The lowest BCUT2D eigenvalue weighted by molar-refractivity contribution is -0.136. The van der Waals surface area contributed by atoms with Crippen LogP contribution in [0.25, 0.3) is 0 Å². The maximum Gasteiger partial charge on any atom is 0.329 e. The molecule has 1 aromatic heterocycles. The van der Waals surface area contributed by atoms with Crippen molar-refractivity contribution < 1.29 is 28.3 Å². The number of rotatable bonds is 10. The quantitative estimate of drug-likeness (QED) is 0.168. The van der Waals surface area contributed by atoms with Crippen LogP contribution in [0.1, 0.15) is 11.3 Å². The number of carbonyl (C=O) groups is 3. The maximum absolute atomic E-state index is 12.1. The number of amides is 3. The van der Waals surface area contributed by atoms with E-state index in [1.165, 1.54) is 12.5 Å². The van der Waals surface area contributed by atoms with Gasteiger partial charge >= 0.3 is 11.8 Å². The third kappa shape index (κ3) is 8.09. The van der Waals surface area contributed by atoms with Crippen molar-refractivity contribution in [3.63, 3.8) is 0 Å². The van der Waals surface area contributed by atoms with E-state index < -0.39 is 11.8 Å². The van der Waals surface area contributed by atoms with Crippen molar-refractivity contribution >= 4 is 29.6 Å². The van der Waals surface area contributed by atoms with E-state index >= 15 is 0 Å². The Morgan fingerprint density at radius 1 is 0.789 bits per heavy atom. The molecule has 0 unspecified atom stereocenters. The van der Waals surface area contributed by atoms with Gasteiger partial charge in [-0.3, -0.25) is 14.4 Å². The lowest BCUT2D eigenvalue weighted by atomic mass is 10.2. The summed E-state index contributed by atoms with van der Waals surface area (Å²) >= 11 is 0. The largest absolute Gasteiger partial charge is 0.484 e. The van der Waals surface area contributed by atoms with E-state index in [0.717, 1.165) is 0 Å². The molecule has 4 rings (SSSR count). The summed E-state index contributed by atoms with van der Waals surface area (Å²) < 4.78 is 16.3. The van der Waals surface area contributed by atoms with Crippen LogP contribution in [0.15, 0.2) is 107 Å². The van der Waals surface area contributed by atoms with Crippen LogP contribution in [-0.4, -0.2) is 30.5 Å². The van der Waals surface area contributed by atoms with Gasteiger partial charge in [0.15, 0.2) is 6.61 Å². The topological polar surface area (TPSA) is 131 Å². The van der Waals surface area contributed by atoms with Gasteiger partial charge in [-0.25, -0.2) is 5.43 Å². The van der Waals surface area contributed by atoms with E-state index in [2.05, 4.69) is 21.2 Å². The van der Waals surface area contributed by atoms with Gasteiger partial charge in [0.1, 0.15) is 23.0 Å². The molecule has 0 radical (unpaired) electrons. The molecule has 38 heavy (non-hydrogen) atoms. The minimum Gasteiger partial charge on any atom is -0.484 e. The number of nitrogens with zero attached hydrogens (tertiary/aromatic N) is 1. The fourth-order valence-corrected chi connectivity index (χ4v) is 3.08. The first-order valence-electron chi connectivity index (χ1n) is 11.5. The molecule has 0 aliphatic carbocycles. The molecule has 192 valence electrons. The van der Waals surface area contributed by atoms with Gasteiger partial charge in [-0.1, -0.05) is 18.2 Å². The molecule has 0 bridgehead atoms. The average Bonchev–Trinajstić information content (AvgIpc) is 3.47. The Morgan fingerprint density at radius 3 is 2.21 bits per heavy atom. The van der Waals surface area contributed by atoms with E-state index in [0.29, 0.717) is 34.3 Å². The second-order valence-electron chi connectivity index (χ2n) is 7.81. The summed E-state index contributed by atoms with van der Waals surface area (Å²) in [5, 5.41) is 8.98. The lowest BCUT2D eigenvalue weighted by Gasteiger charge is -2.07. The van der Waals surface area contributed by atoms with Crippen LogP contribution in [0.5, 0.6) is 17.2 Å². The van der Waals surface area contributed by atoms with E-state index in [4.69, 9.17) is 13.9 Å². The van der Waals surface area contributed by atoms with Crippen LogP contribution >= 0.6 is 0 Å². The molecule has 3 N–H and O–H groups in total. The minimum atomic E-state index is -0.925. The van der Waals surface area contributed by atoms with E-state index in [1.807, 2.05) is 30.3 Å². The Bertz CT molecular complexity index is 1370. The van der Waals surface area contributed by atoms with Crippen molar-refractivity contribution in [2.45, 2.75) is 6.54 Å². The number of anilines is 1. The maximum atomic E-state index is 12.1. The number of hydrogen-bond donors (Lipinski definition) is 3. The zero-order chi connectivity index (χ0) is 26.6. The van der Waals surface area contributed by atoms with Gasteiger partial charge in [0.05, 0.1) is 19.0 Å². The number of ether oxygens (including phenoxy) is 2. The number of hydrazone groups is 1. The number of benzene rings is 3. The van der Waals surface area contributed by atoms with Crippen molar-refractivity contribution in [1.29, 1.82) is 0 Å². The first-order chi connectivity index (χ1) is 18.5. The van der Waals surface area contributed by atoms with Gasteiger partial charge in [-0.2, -0.15) is 5.10 Å². The highest BCUT2D eigenvalue weighted by molar-refractivity contribution is 6.39. The molecular formula is C28H24N4O6. The van der Waals surface area contributed by atoms with Crippen LogP contribution < -0.4 is 25.5 Å². The first kappa shape index (κ1) is 25.7. The van der Waals surface area contributed by atoms with E-state index in [9.17, 15) is 14.4 Å². The second kappa shape index (κ2) is 13.1. The second-order valence-corrected chi connectivity index (χ2v) is 7.81. The molecule has 10 nitrogen and oxygen atoms in total. The fourth-order valence-electron chi connectivity index (χ4n) is 3.08. The van der Waals surface area contributed by atoms with Crippen molar-refractivity contribution in [2.24, 2.45) is 5.10 Å². The molecule has 10 heteroatoms. The molecule has 0 saturated carbocycles. The molecule has 1 heterocycles. The Kier molecular flexibility index (Phi) is 8.84. The van der Waals surface area contributed by atoms with Crippen LogP contribution in [-0.2, 0) is 20.9 Å². The molecule has 3 amide bonds. The Labute approximate surface area is 218 Å². The summed E-state index contributed by atoms with van der Waals surface area (Å²) in [5.74, 6) is 0.332. The summed E-state index contributed by atoms with van der Waals surface area (Å²) in [4.78, 5) is 36.0. The van der Waals surface area contributed by atoms with Crippen LogP contribution in [0.2, 0.25) is 0 Å². The number of hydrogen-bond acceptors (Lipinski definition) is 7. The third-order valence-electron chi connectivity index (χ3n) is 4.97. The van der Waals surface area contributed by atoms with Crippen molar-refractivity contribution in [3.8, 4) is 17.2 Å². The smallest absolute Gasteiger partial charge is 0.329 e. The predicted molar refractivity (Wildman–Crippen MR) is 140 cm³/mol. The van der Waals surface area contributed by atoms with Gasteiger partial charge in [-0.15, -0.1) is 0 Å². The Hall–Kier alpha value is -5.38. The highest BCUT2D eigenvalue weighted by Gasteiger charge is 2.13. The Morgan fingerprint density at radius 2 is 1.50 bits per heavy atom. The molecule has 0 saturated heterocycles. The third-order valence-corrected chi connectivity index (χ3v) is 4.97. The predicted octanol–water partition coefficient (Wildman–Crippen LogP) is 3.86. The molecular weight excluding hydrogens is 488 g/mol. The summed E-state index contributed by atoms with van der Waals surface area (Å²) in [6.07, 6.45) is 2.91.